The van der Waals surface area contributed by atoms with Gasteiger partial charge in [-0.15, -0.1) is 0 Å². The highest BCUT2D eigenvalue weighted by Gasteiger charge is 2.11. The fourth-order valence-corrected chi connectivity index (χ4v) is 1.21. The smallest absolute Gasteiger partial charge is 0.305 e. The molecule has 0 aromatic carbocycles. The molecule has 5 nitrogen and oxygen atoms in total. The molecule has 0 saturated heterocycles. The molecule has 0 aliphatic carbocycles. The summed E-state index contributed by atoms with van der Waals surface area (Å²) in [5.41, 5.74) is 5.24. The predicted octanol–water partition coefficient (Wildman–Crippen LogP) is 0.671. The van der Waals surface area contributed by atoms with Crippen LogP contribution in [0, 0.1) is 0 Å². The highest BCUT2D eigenvalue weighted by atomic mass is 32.3. The van der Waals surface area contributed by atoms with E-state index in [1.54, 1.807) is 0 Å². The third-order valence-electron chi connectivity index (χ3n) is 1.34. The largest absolute Gasteiger partial charge is 0.398 e. The molecule has 0 heterocycles. The zero-order valence-corrected chi connectivity index (χ0v) is 7.88. The summed E-state index contributed by atoms with van der Waals surface area (Å²) < 4.78 is 32.6. The molecule has 0 bridgehead atoms. The summed E-state index contributed by atoms with van der Waals surface area (Å²) in [6.45, 7) is 2.02. The SMILES string of the molecule is CCCCCC(N)OS(=O)(=O)O. The van der Waals surface area contributed by atoms with Crippen molar-refractivity contribution in [2.75, 3.05) is 0 Å². The van der Waals surface area contributed by atoms with Crippen molar-refractivity contribution in [3.8, 4) is 0 Å². The van der Waals surface area contributed by atoms with E-state index in [4.69, 9.17) is 10.3 Å². The fourth-order valence-electron chi connectivity index (χ4n) is 0.800. The maximum absolute atomic E-state index is 10.1. The summed E-state index contributed by atoms with van der Waals surface area (Å²) >= 11 is 0. The number of rotatable bonds is 6. The molecule has 1 atom stereocenters. The number of hydrogen-bond acceptors (Lipinski definition) is 4. The highest BCUT2D eigenvalue weighted by molar-refractivity contribution is 7.80. The maximum Gasteiger partial charge on any atom is 0.398 e. The molecular weight excluding hydrogens is 182 g/mol. The average molecular weight is 197 g/mol. The van der Waals surface area contributed by atoms with Crippen molar-refractivity contribution >= 4 is 10.4 Å². The minimum atomic E-state index is -4.39. The van der Waals surface area contributed by atoms with Crippen LogP contribution >= 0.6 is 0 Å². The van der Waals surface area contributed by atoms with Crippen molar-refractivity contribution in [1.82, 2.24) is 0 Å². The average Bonchev–Trinajstić information content (AvgIpc) is 1.84. The lowest BCUT2D eigenvalue weighted by atomic mass is 10.2. The van der Waals surface area contributed by atoms with Crippen molar-refractivity contribution in [2.45, 2.75) is 38.8 Å². The van der Waals surface area contributed by atoms with Gasteiger partial charge in [0.2, 0.25) is 0 Å². The lowest BCUT2D eigenvalue weighted by Gasteiger charge is -2.08. The molecule has 1 unspecified atom stereocenters. The summed E-state index contributed by atoms with van der Waals surface area (Å²) in [5.74, 6) is 0. The maximum atomic E-state index is 10.1. The van der Waals surface area contributed by atoms with Crippen LogP contribution in [0.4, 0.5) is 0 Å². The van der Waals surface area contributed by atoms with Gasteiger partial charge in [-0.1, -0.05) is 19.8 Å². The quantitative estimate of drug-likeness (QED) is 0.371. The molecule has 12 heavy (non-hydrogen) atoms. The Hall–Kier alpha value is -0.170. The van der Waals surface area contributed by atoms with E-state index in [0.29, 0.717) is 6.42 Å². The van der Waals surface area contributed by atoms with Gasteiger partial charge in [0.05, 0.1) is 0 Å². The van der Waals surface area contributed by atoms with Crippen LogP contribution in [0.2, 0.25) is 0 Å². The van der Waals surface area contributed by atoms with E-state index >= 15 is 0 Å². The fraction of sp³-hybridized carbons (Fsp3) is 1.00. The third kappa shape index (κ3) is 7.93. The zero-order chi connectivity index (χ0) is 9.61. The predicted molar refractivity (Wildman–Crippen MR) is 44.8 cm³/mol. The van der Waals surface area contributed by atoms with Gasteiger partial charge in [-0.25, -0.2) is 4.18 Å². The van der Waals surface area contributed by atoms with Crippen molar-refractivity contribution < 1.29 is 17.2 Å². The van der Waals surface area contributed by atoms with Gasteiger partial charge >= 0.3 is 10.4 Å². The van der Waals surface area contributed by atoms with Crippen LogP contribution in [0.1, 0.15) is 32.6 Å². The van der Waals surface area contributed by atoms with E-state index in [2.05, 4.69) is 4.18 Å². The van der Waals surface area contributed by atoms with Crippen molar-refractivity contribution in [2.24, 2.45) is 5.73 Å². The van der Waals surface area contributed by atoms with Crippen LogP contribution in [0.5, 0.6) is 0 Å². The molecule has 0 amide bonds. The van der Waals surface area contributed by atoms with Gasteiger partial charge in [0.25, 0.3) is 0 Å². The van der Waals surface area contributed by atoms with Crippen LogP contribution in [-0.4, -0.2) is 19.2 Å². The first-order chi connectivity index (χ1) is 5.45. The molecule has 0 aromatic rings. The third-order valence-corrected chi connectivity index (χ3v) is 1.83. The first-order valence-corrected chi connectivity index (χ1v) is 5.23. The number of hydrogen-bond donors (Lipinski definition) is 2. The summed E-state index contributed by atoms with van der Waals surface area (Å²) in [7, 11) is -4.39. The van der Waals surface area contributed by atoms with Gasteiger partial charge in [-0.05, 0) is 12.8 Å². The molecular formula is C6H15NO4S. The second kappa shape index (κ2) is 5.47. The summed E-state index contributed by atoms with van der Waals surface area (Å²) in [5, 5.41) is 0. The minimum Gasteiger partial charge on any atom is -0.305 e. The van der Waals surface area contributed by atoms with E-state index < -0.39 is 16.6 Å². The van der Waals surface area contributed by atoms with Gasteiger partial charge in [0.1, 0.15) is 6.23 Å². The molecule has 0 fully saturated rings. The number of nitrogens with two attached hydrogens (primary N) is 1. The van der Waals surface area contributed by atoms with E-state index in [9.17, 15) is 8.42 Å². The van der Waals surface area contributed by atoms with E-state index in [1.165, 1.54) is 0 Å². The van der Waals surface area contributed by atoms with Gasteiger partial charge in [-0.2, -0.15) is 8.42 Å². The molecule has 0 aliphatic heterocycles. The van der Waals surface area contributed by atoms with Crippen LogP contribution < -0.4 is 5.73 Å². The molecule has 0 saturated carbocycles. The Bertz CT molecular complexity index is 202. The van der Waals surface area contributed by atoms with Crippen molar-refractivity contribution in [1.29, 1.82) is 0 Å². The Morgan fingerprint density at radius 3 is 2.50 bits per heavy atom. The second-order valence-electron chi connectivity index (χ2n) is 2.56. The molecule has 74 valence electrons. The Balaban J connectivity index is 3.53. The second-order valence-corrected chi connectivity index (χ2v) is 3.61. The summed E-state index contributed by atoms with van der Waals surface area (Å²) in [4.78, 5) is 0. The lowest BCUT2D eigenvalue weighted by molar-refractivity contribution is 0.175. The van der Waals surface area contributed by atoms with E-state index in [0.717, 1.165) is 19.3 Å². The summed E-state index contributed by atoms with van der Waals surface area (Å²) in [6.07, 6.45) is 2.31. The van der Waals surface area contributed by atoms with E-state index in [-0.39, 0.29) is 0 Å². The number of unbranched alkanes of at least 4 members (excludes halogenated alkanes) is 2. The topological polar surface area (TPSA) is 89.6 Å². The molecule has 0 rings (SSSR count). The zero-order valence-electron chi connectivity index (χ0n) is 7.06. The minimum absolute atomic E-state index is 0.438. The van der Waals surface area contributed by atoms with Gasteiger partial charge in [0.15, 0.2) is 0 Å². The Morgan fingerprint density at radius 2 is 2.08 bits per heavy atom. The van der Waals surface area contributed by atoms with Crippen LogP contribution in [0.25, 0.3) is 0 Å². The molecule has 0 spiro atoms. The molecule has 3 N–H and O–H groups in total. The first kappa shape index (κ1) is 11.8. The van der Waals surface area contributed by atoms with Gasteiger partial charge in [-0.3, -0.25) is 4.55 Å². The van der Waals surface area contributed by atoms with Gasteiger partial charge in [0, 0.05) is 0 Å². The Morgan fingerprint density at radius 1 is 1.50 bits per heavy atom. The van der Waals surface area contributed by atoms with Crippen LogP contribution in [-0.2, 0) is 14.6 Å². The first-order valence-electron chi connectivity index (χ1n) is 3.87. The normalized spacial score (nSPS) is 14.6. The summed E-state index contributed by atoms with van der Waals surface area (Å²) in [6, 6.07) is 0. The van der Waals surface area contributed by atoms with Crippen molar-refractivity contribution in [3.63, 3.8) is 0 Å². The molecule has 0 aliphatic rings. The van der Waals surface area contributed by atoms with Crippen LogP contribution in [0.3, 0.4) is 0 Å². The van der Waals surface area contributed by atoms with E-state index in [1.807, 2.05) is 6.92 Å². The highest BCUT2D eigenvalue weighted by Crippen LogP contribution is 2.04. The van der Waals surface area contributed by atoms with Crippen LogP contribution in [0.15, 0.2) is 0 Å². The van der Waals surface area contributed by atoms with Crippen molar-refractivity contribution in [3.05, 3.63) is 0 Å². The Labute approximate surface area is 72.9 Å². The monoisotopic (exact) mass is 197 g/mol. The lowest BCUT2D eigenvalue weighted by Crippen LogP contribution is -2.26. The molecule has 0 radical (unpaired) electrons. The standard InChI is InChI=1S/C6H15NO4S/c1-2-3-4-5-6(7)11-12(8,9)10/h6H,2-5,7H2,1H3,(H,8,9,10). The van der Waals surface area contributed by atoms with Gasteiger partial charge < -0.3 is 5.73 Å². The molecule has 0 aromatic heterocycles. The molecule has 6 heteroatoms. The Kier molecular flexibility index (Phi) is 5.39.